The van der Waals surface area contributed by atoms with Gasteiger partial charge in [-0.15, -0.1) is 16.4 Å². The summed E-state index contributed by atoms with van der Waals surface area (Å²) in [6, 6.07) is 8.19. The molecule has 2 heterocycles. The van der Waals surface area contributed by atoms with Crippen molar-refractivity contribution < 1.29 is 5.11 Å². The summed E-state index contributed by atoms with van der Waals surface area (Å²) in [4.78, 5) is 0. The SMILES string of the molecule is OCc1cn(-c2ccc3sccc3c2)nn1. The molecule has 0 aliphatic carbocycles. The molecule has 4 nitrogen and oxygen atoms in total. The van der Waals surface area contributed by atoms with Crippen LogP contribution in [0.5, 0.6) is 0 Å². The van der Waals surface area contributed by atoms with Crippen LogP contribution >= 0.6 is 11.3 Å². The Labute approximate surface area is 95.8 Å². The number of thiophene rings is 1. The van der Waals surface area contributed by atoms with Crippen molar-refractivity contribution >= 4 is 21.4 Å². The second-order valence-electron chi connectivity index (χ2n) is 3.46. The first-order valence-corrected chi connectivity index (χ1v) is 5.74. The maximum Gasteiger partial charge on any atom is 0.109 e. The highest BCUT2D eigenvalue weighted by Crippen LogP contribution is 2.23. The highest BCUT2D eigenvalue weighted by Gasteiger charge is 2.03. The molecule has 0 saturated heterocycles. The first-order chi connectivity index (χ1) is 7.86. The quantitative estimate of drug-likeness (QED) is 0.733. The molecule has 0 saturated carbocycles. The molecule has 5 heteroatoms. The third kappa shape index (κ3) is 1.50. The van der Waals surface area contributed by atoms with E-state index in [0.29, 0.717) is 5.69 Å². The molecule has 1 N–H and O–H groups in total. The number of hydrogen-bond donors (Lipinski definition) is 1. The van der Waals surface area contributed by atoms with Gasteiger partial charge in [0.2, 0.25) is 0 Å². The summed E-state index contributed by atoms with van der Waals surface area (Å²) < 4.78 is 2.93. The fraction of sp³-hybridized carbons (Fsp3) is 0.0909. The highest BCUT2D eigenvalue weighted by atomic mass is 32.1. The van der Waals surface area contributed by atoms with Crippen LogP contribution in [-0.4, -0.2) is 20.1 Å². The summed E-state index contributed by atoms with van der Waals surface area (Å²) in [5.41, 5.74) is 1.53. The van der Waals surface area contributed by atoms with Gasteiger partial charge < -0.3 is 5.11 Å². The van der Waals surface area contributed by atoms with Crippen LogP contribution in [0, 0.1) is 0 Å². The van der Waals surface area contributed by atoms with Crippen LogP contribution < -0.4 is 0 Å². The van der Waals surface area contributed by atoms with Crippen LogP contribution in [0.2, 0.25) is 0 Å². The zero-order valence-electron chi connectivity index (χ0n) is 8.37. The van der Waals surface area contributed by atoms with Gasteiger partial charge >= 0.3 is 0 Å². The van der Waals surface area contributed by atoms with Crippen molar-refractivity contribution in [3.05, 3.63) is 41.5 Å². The average Bonchev–Trinajstić information content (AvgIpc) is 2.96. The number of rotatable bonds is 2. The van der Waals surface area contributed by atoms with E-state index in [2.05, 4.69) is 33.9 Å². The molecule has 0 amide bonds. The van der Waals surface area contributed by atoms with Gasteiger partial charge in [-0.05, 0) is 35.0 Å². The van der Waals surface area contributed by atoms with Gasteiger partial charge in [0.25, 0.3) is 0 Å². The number of fused-ring (bicyclic) bond motifs is 1. The molecular weight excluding hydrogens is 222 g/mol. The third-order valence-electron chi connectivity index (χ3n) is 2.40. The van der Waals surface area contributed by atoms with Gasteiger partial charge in [0.15, 0.2) is 0 Å². The molecule has 1 aromatic carbocycles. The van der Waals surface area contributed by atoms with Crippen LogP contribution in [0.25, 0.3) is 15.8 Å². The molecule has 0 bridgehead atoms. The topological polar surface area (TPSA) is 50.9 Å². The van der Waals surface area contributed by atoms with Crippen molar-refractivity contribution in [3.63, 3.8) is 0 Å². The van der Waals surface area contributed by atoms with E-state index >= 15 is 0 Å². The fourth-order valence-electron chi connectivity index (χ4n) is 1.59. The minimum absolute atomic E-state index is 0.0826. The zero-order chi connectivity index (χ0) is 11.0. The van der Waals surface area contributed by atoms with Crippen LogP contribution in [0.3, 0.4) is 0 Å². The van der Waals surface area contributed by atoms with E-state index in [1.54, 1.807) is 22.2 Å². The number of benzene rings is 1. The first kappa shape index (κ1) is 9.50. The summed E-state index contributed by atoms with van der Waals surface area (Å²) in [5.74, 6) is 0. The van der Waals surface area contributed by atoms with Crippen molar-refractivity contribution in [2.75, 3.05) is 0 Å². The monoisotopic (exact) mass is 231 g/mol. The number of aromatic nitrogens is 3. The van der Waals surface area contributed by atoms with Gasteiger partial charge in [0.05, 0.1) is 18.5 Å². The lowest BCUT2D eigenvalue weighted by atomic mass is 10.2. The lowest BCUT2D eigenvalue weighted by Gasteiger charge is -1.99. The molecule has 0 fully saturated rings. The maximum absolute atomic E-state index is 8.92. The number of aliphatic hydroxyl groups excluding tert-OH is 1. The van der Waals surface area contributed by atoms with E-state index in [0.717, 1.165) is 5.69 Å². The van der Waals surface area contributed by atoms with E-state index in [9.17, 15) is 0 Å². The van der Waals surface area contributed by atoms with Crippen LogP contribution in [0.15, 0.2) is 35.8 Å². The van der Waals surface area contributed by atoms with Gasteiger partial charge in [-0.3, -0.25) is 0 Å². The second kappa shape index (κ2) is 3.70. The lowest BCUT2D eigenvalue weighted by Crippen LogP contribution is -1.93. The average molecular weight is 231 g/mol. The van der Waals surface area contributed by atoms with Crippen molar-refractivity contribution in [3.8, 4) is 5.69 Å². The molecule has 0 aliphatic rings. The molecular formula is C11H9N3OS. The zero-order valence-corrected chi connectivity index (χ0v) is 9.18. The lowest BCUT2D eigenvalue weighted by molar-refractivity contribution is 0.276. The van der Waals surface area contributed by atoms with E-state index in [1.807, 2.05) is 6.07 Å². The first-order valence-electron chi connectivity index (χ1n) is 4.86. The standard InChI is InChI=1S/C11H9N3OS/c15-7-9-6-14(13-12-9)10-1-2-11-8(5-10)3-4-16-11/h1-6,15H,7H2. The van der Waals surface area contributed by atoms with Gasteiger partial charge in [0.1, 0.15) is 5.69 Å². The molecule has 0 aliphatic heterocycles. The molecule has 0 radical (unpaired) electrons. The predicted octanol–water partition coefficient (Wildman–Crippen LogP) is 1.97. The molecule has 2 aromatic heterocycles. The van der Waals surface area contributed by atoms with E-state index in [4.69, 9.17) is 5.11 Å². The second-order valence-corrected chi connectivity index (χ2v) is 4.40. The predicted molar refractivity (Wildman–Crippen MR) is 62.7 cm³/mol. The fourth-order valence-corrected chi connectivity index (χ4v) is 2.36. The van der Waals surface area contributed by atoms with E-state index < -0.39 is 0 Å². The molecule has 80 valence electrons. The number of hydrogen-bond acceptors (Lipinski definition) is 4. The van der Waals surface area contributed by atoms with Crippen molar-refractivity contribution in [2.45, 2.75) is 6.61 Å². The largest absolute Gasteiger partial charge is 0.390 e. The summed E-state index contributed by atoms with van der Waals surface area (Å²) in [6.45, 7) is -0.0826. The Morgan fingerprint density at radius 2 is 2.25 bits per heavy atom. The van der Waals surface area contributed by atoms with Crippen LogP contribution in [-0.2, 0) is 6.61 Å². The Hall–Kier alpha value is -1.72. The molecule has 0 unspecified atom stereocenters. The summed E-state index contributed by atoms with van der Waals surface area (Å²) in [7, 11) is 0. The normalized spacial score (nSPS) is 11.1. The van der Waals surface area contributed by atoms with E-state index in [-0.39, 0.29) is 6.61 Å². The van der Waals surface area contributed by atoms with Crippen LogP contribution in [0.4, 0.5) is 0 Å². The molecule has 3 aromatic rings. The molecule has 3 rings (SSSR count). The van der Waals surface area contributed by atoms with Gasteiger partial charge in [-0.25, -0.2) is 4.68 Å². The van der Waals surface area contributed by atoms with Crippen molar-refractivity contribution in [1.29, 1.82) is 0 Å². The molecule has 0 atom stereocenters. The Morgan fingerprint density at radius 1 is 1.31 bits per heavy atom. The van der Waals surface area contributed by atoms with Crippen molar-refractivity contribution in [1.82, 2.24) is 15.0 Å². The smallest absolute Gasteiger partial charge is 0.109 e. The third-order valence-corrected chi connectivity index (χ3v) is 3.30. The summed E-state index contributed by atoms with van der Waals surface area (Å²) >= 11 is 1.72. The summed E-state index contributed by atoms with van der Waals surface area (Å²) in [6.07, 6.45) is 1.73. The van der Waals surface area contributed by atoms with Gasteiger partial charge in [0, 0.05) is 4.70 Å². The Kier molecular flexibility index (Phi) is 2.19. The van der Waals surface area contributed by atoms with Crippen molar-refractivity contribution in [2.24, 2.45) is 0 Å². The Balaban J connectivity index is 2.10. The number of aliphatic hydroxyl groups is 1. The Bertz CT molecular complexity index is 629. The summed E-state index contributed by atoms with van der Waals surface area (Å²) in [5, 5.41) is 20.0. The highest BCUT2D eigenvalue weighted by molar-refractivity contribution is 7.17. The Morgan fingerprint density at radius 3 is 3.06 bits per heavy atom. The number of nitrogens with zero attached hydrogens (tertiary/aromatic N) is 3. The molecule has 0 spiro atoms. The van der Waals surface area contributed by atoms with Crippen LogP contribution in [0.1, 0.15) is 5.69 Å². The van der Waals surface area contributed by atoms with Gasteiger partial charge in [-0.1, -0.05) is 5.21 Å². The molecule has 16 heavy (non-hydrogen) atoms. The minimum atomic E-state index is -0.0826. The van der Waals surface area contributed by atoms with E-state index in [1.165, 1.54) is 10.1 Å². The maximum atomic E-state index is 8.92. The van der Waals surface area contributed by atoms with Gasteiger partial charge in [-0.2, -0.15) is 0 Å². The minimum Gasteiger partial charge on any atom is -0.390 e.